The second kappa shape index (κ2) is 8.44. The first-order valence-corrected chi connectivity index (χ1v) is 9.63. The van der Waals surface area contributed by atoms with Crippen LogP contribution in [0.2, 0.25) is 0 Å². The summed E-state index contributed by atoms with van der Waals surface area (Å²) in [6.07, 6.45) is 0.307. The van der Waals surface area contributed by atoms with E-state index < -0.39 is 0 Å². The van der Waals surface area contributed by atoms with E-state index in [1.54, 1.807) is 18.9 Å². The Balaban J connectivity index is 2.13. The molecule has 0 aliphatic rings. The first-order chi connectivity index (χ1) is 12.6. The molecule has 0 saturated heterocycles. The van der Waals surface area contributed by atoms with Gasteiger partial charge in [-0.15, -0.1) is 10.2 Å². The number of nitrogen functional groups attached to an aromatic ring is 1. The second-order valence-electron chi connectivity index (χ2n) is 7.43. The quantitative estimate of drug-likeness (QED) is 0.605. The molecule has 1 aromatic carbocycles. The minimum absolute atomic E-state index is 0.0727. The largest absolute Gasteiger partial charge is 0.344 e. The molecular formula is C19H26N6OS. The van der Waals surface area contributed by atoms with Crippen molar-refractivity contribution < 1.29 is 4.79 Å². The highest BCUT2D eigenvalue weighted by molar-refractivity contribution is 8.00. The Morgan fingerprint density at radius 3 is 2.52 bits per heavy atom. The summed E-state index contributed by atoms with van der Waals surface area (Å²) < 4.78 is 1.41. The molecule has 1 aromatic heterocycles. The molecule has 8 heteroatoms. The van der Waals surface area contributed by atoms with Gasteiger partial charge in [-0.1, -0.05) is 56.8 Å². The van der Waals surface area contributed by atoms with Gasteiger partial charge in [0.1, 0.15) is 0 Å². The number of aromatic nitrogens is 3. The molecule has 1 atom stereocenters. The average molecular weight is 387 g/mol. The van der Waals surface area contributed by atoms with Crippen LogP contribution in [0.4, 0.5) is 0 Å². The van der Waals surface area contributed by atoms with Crippen molar-refractivity contribution in [2.24, 2.45) is 0 Å². The summed E-state index contributed by atoms with van der Waals surface area (Å²) in [5, 5.41) is 17.1. The Morgan fingerprint density at radius 1 is 1.33 bits per heavy atom. The van der Waals surface area contributed by atoms with Gasteiger partial charge in [0.2, 0.25) is 11.1 Å². The Labute approximate surface area is 164 Å². The van der Waals surface area contributed by atoms with Gasteiger partial charge in [0.25, 0.3) is 0 Å². The smallest absolute Gasteiger partial charge is 0.235 e. The molecule has 2 aromatic rings. The highest BCUT2D eigenvalue weighted by atomic mass is 32.2. The standard InChI is InChI=1S/C19H26N6OS/c1-13(17(26)24(5)12-6-11-20)27-18-23-22-16(25(18)21)14-7-9-15(10-8-14)19(2,3)4/h7-10,13H,6,12,21H2,1-5H3/t13-/m1/s1. The minimum Gasteiger partial charge on any atom is -0.344 e. The van der Waals surface area contributed by atoms with Crippen LogP contribution in [0, 0.1) is 11.3 Å². The molecule has 1 amide bonds. The summed E-state index contributed by atoms with van der Waals surface area (Å²) in [5.41, 5.74) is 2.17. The number of amides is 1. The summed E-state index contributed by atoms with van der Waals surface area (Å²) >= 11 is 1.25. The van der Waals surface area contributed by atoms with Crippen molar-refractivity contribution in [1.82, 2.24) is 19.8 Å². The fraction of sp³-hybridized carbons (Fsp3) is 0.474. The predicted molar refractivity (Wildman–Crippen MR) is 107 cm³/mol. The third-order valence-corrected chi connectivity index (χ3v) is 5.28. The number of carbonyl (C=O) groups is 1. The van der Waals surface area contributed by atoms with Crippen LogP contribution >= 0.6 is 11.8 Å². The zero-order valence-electron chi connectivity index (χ0n) is 16.4. The maximum absolute atomic E-state index is 12.4. The van der Waals surface area contributed by atoms with E-state index in [0.717, 1.165) is 5.56 Å². The van der Waals surface area contributed by atoms with Crippen LogP contribution in [0.1, 0.15) is 39.7 Å². The lowest BCUT2D eigenvalue weighted by Gasteiger charge is -2.19. The van der Waals surface area contributed by atoms with Gasteiger partial charge >= 0.3 is 0 Å². The topological polar surface area (TPSA) is 101 Å². The minimum atomic E-state index is -0.378. The van der Waals surface area contributed by atoms with Crippen molar-refractivity contribution >= 4 is 17.7 Å². The first kappa shape index (κ1) is 20.8. The monoisotopic (exact) mass is 386 g/mol. The van der Waals surface area contributed by atoms with Crippen LogP contribution in [0.5, 0.6) is 0 Å². The summed E-state index contributed by atoms with van der Waals surface area (Å²) in [6, 6.07) is 10.1. The van der Waals surface area contributed by atoms with Crippen LogP contribution in [0.25, 0.3) is 11.4 Å². The summed E-state index contributed by atoms with van der Waals surface area (Å²) in [6.45, 7) is 8.68. The Bertz CT molecular complexity index is 831. The molecule has 0 spiro atoms. The highest BCUT2D eigenvalue weighted by Gasteiger charge is 2.22. The van der Waals surface area contributed by atoms with Crippen molar-refractivity contribution in [3.63, 3.8) is 0 Å². The van der Waals surface area contributed by atoms with Crippen molar-refractivity contribution in [3.8, 4) is 17.5 Å². The number of nitrogens with zero attached hydrogens (tertiary/aromatic N) is 5. The number of carbonyl (C=O) groups excluding carboxylic acids is 1. The molecule has 0 radical (unpaired) electrons. The number of nitriles is 1. The van der Waals surface area contributed by atoms with Gasteiger partial charge in [-0.05, 0) is 17.9 Å². The molecule has 0 saturated carbocycles. The van der Waals surface area contributed by atoms with E-state index in [-0.39, 0.29) is 16.6 Å². The number of hydrogen-bond acceptors (Lipinski definition) is 6. The van der Waals surface area contributed by atoms with Gasteiger partial charge in [-0.3, -0.25) is 4.79 Å². The number of hydrogen-bond donors (Lipinski definition) is 1. The molecule has 0 aliphatic heterocycles. The van der Waals surface area contributed by atoms with Gasteiger partial charge in [-0.2, -0.15) is 5.26 Å². The molecule has 0 bridgehead atoms. The van der Waals surface area contributed by atoms with Crippen LogP contribution < -0.4 is 5.84 Å². The van der Waals surface area contributed by atoms with E-state index in [1.807, 2.05) is 18.2 Å². The number of nitrogens with two attached hydrogens (primary N) is 1. The van der Waals surface area contributed by atoms with E-state index in [9.17, 15) is 4.79 Å². The highest BCUT2D eigenvalue weighted by Crippen LogP contribution is 2.28. The summed E-state index contributed by atoms with van der Waals surface area (Å²) in [7, 11) is 1.69. The Hall–Kier alpha value is -2.53. The van der Waals surface area contributed by atoms with E-state index >= 15 is 0 Å². The molecule has 0 fully saturated rings. The second-order valence-corrected chi connectivity index (χ2v) is 8.74. The number of rotatable bonds is 6. The number of benzene rings is 1. The normalized spacial score (nSPS) is 12.4. The van der Waals surface area contributed by atoms with Crippen molar-refractivity contribution in [2.45, 2.75) is 49.9 Å². The van der Waals surface area contributed by atoms with Gasteiger partial charge in [0, 0.05) is 19.2 Å². The van der Waals surface area contributed by atoms with Crippen molar-refractivity contribution in [3.05, 3.63) is 29.8 Å². The lowest BCUT2D eigenvalue weighted by molar-refractivity contribution is -0.128. The maximum atomic E-state index is 12.4. The molecule has 144 valence electrons. The van der Waals surface area contributed by atoms with E-state index in [1.165, 1.54) is 22.0 Å². The van der Waals surface area contributed by atoms with Crippen LogP contribution in [0.3, 0.4) is 0 Å². The molecule has 0 aliphatic carbocycles. The lowest BCUT2D eigenvalue weighted by atomic mass is 9.87. The maximum Gasteiger partial charge on any atom is 0.235 e. The van der Waals surface area contributed by atoms with Gasteiger partial charge in [0.15, 0.2) is 5.82 Å². The number of thioether (sulfide) groups is 1. The molecule has 0 unspecified atom stereocenters. The molecule has 7 nitrogen and oxygen atoms in total. The van der Waals surface area contributed by atoms with Gasteiger partial charge in [0.05, 0.1) is 17.7 Å². The lowest BCUT2D eigenvalue weighted by Crippen LogP contribution is -2.34. The van der Waals surface area contributed by atoms with Crippen LogP contribution in [-0.4, -0.2) is 44.5 Å². The Kier molecular flexibility index (Phi) is 6.50. The average Bonchev–Trinajstić information content (AvgIpc) is 2.98. The molecule has 2 N–H and O–H groups in total. The fourth-order valence-corrected chi connectivity index (χ4v) is 3.41. The SMILES string of the molecule is C[C@@H](Sc1nnc(-c2ccc(C(C)(C)C)cc2)n1N)C(=O)N(C)CCC#N. The van der Waals surface area contributed by atoms with Gasteiger partial charge < -0.3 is 10.7 Å². The van der Waals surface area contributed by atoms with Gasteiger partial charge in [-0.25, -0.2) is 4.68 Å². The van der Waals surface area contributed by atoms with Crippen molar-refractivity contribution in [2.75, 3.05) is 19.4 Å². The molecule has 27 heavy (non-hydrogen) atoms. The van der Waals surface area contributed by atoms with E-state index in [4.69, 9.17) is 11.1 Å². The molecule has 2 rings (SSSR count). The molecular weight excluding hydrogens is 360 g/mol. The zero-order chi connectivity index (χ0) is 20.2. The molecule has 1 heterocycles. The third-order valence-electron chi connectivity index (χ3n) is 4.24. The van der Waals surface area contributed by atoms with Crippen molar-refractivity contribution in [1.29, 1.82) is 5.26 Å². The Morgan fingerprint density at radius 2 is 1.96 bits per heavy atom. The predicted octanol–water partition coefficient (Wildman–Crippen LogP) is 2.81. The van der Waals surface area contributed by atoms with E-state index in [2.05, 4.69) is 43.1 Å². The first-order valence-electron chi connectivity index (χ1n) is 8.75. The fourth-order valence-electron chi connectivity index (χ4n) is 2.52. The summed E-state index contributed by atoms with van der Waals surface area (Å²) in [5.74, 6) is 6.64. The zero-order valence-corrected chi connectivity index (χ0v) is 17.2. The van der Waals surface area contributed by atoms with E-state index in [0.29, 0.717) is 23.9 Å². The summed E-state index contributed by atoms with van der Waals surface area (Å²) in [4.78, 5) is 13.9. The van der Waals surface area contributed by atoms with Crippen LogP contribution in [0.15, 0.2) is 29.4 Å². The van der Waals surface area contributed by atoms with Crippen LogP contribution in [-0.2, 0) is 10.2 Å². The third kappa shape index (κ3) is 5.01.